The van der Waals surface area contributed by atoms with Crippen molar-refractivity contribution in [2.75, 3.05) is 34.0 Å². The SMILES string of the molecule is COCCOCc1ccc(CO[C@@H]2O[C@H](COC(=O)c3ccccc3)[C@H](O)[C@H](OCc3ccc(OC)c(I)c3)[C@H]2OC(=O)c2ccccc2)cc1. The van der Waals surface area contributed by atoms with Crippen LogP contribution in [0.4, 0.5) is 0 Å². The van der Waals surface area contributed by atoms with Gasteiger partial charge < -0.3 is 43.0 Å². The van der Waals surface area contributed by atoms with Crippen molar-refractivity contribution in [2.24, 2.45) is 0 Å². The second kappa shape index (κ2) is 19.6. The fourth-order valence-corrected chi connectivity index (χ4v) is 6.09. The minimum absolute atomic E-state index is 0.0538. The summed E-state index contributed by atoms with van der Waals surface area (Å²) in [4.78, 5) is 26.3. The van der Waals surface area contributed by atoms with Crippen LogP contribution in [0.15, 0.2) is 103 Å². The smallest absolute Gasteiger partial charge is 0.338 e. The van der Waals surface area contributed by atoms with E-state index in [-0.39, 0.29) is 19.8 Å². The van der Waals surface area contributed by atoms with Crippen LogP contribution in [0.2, 0.25) is 0 Å². The third-order valence-corrected chi connectivity index (χ3v) is 8.90. The average molecular weight is 813 g/mol. The zero-order valence-electron chi connectivity index (χ0n) is 28.4. The Balaban J connectivity index is 1.38. The van der Waals surface area contributed by atoms with Gasteiger partial charge in [-0.25, -0.2) is 9.59 Å². The third kappa shape index (κ3) is 11.0. The van der Waals surface area contributed by atoms with Crippen molar-refractivity contribution < 1.29 is 52.6 Å². The van der Waals surface area contributed by atoms with Gasteiger partial charge in [0.2, 0.25) is 0 Å². The highest BCUT2D eigenvalue weighted by molar-refractivity contribution is 14.1. The maximum absolute atomic E-state index is 13.4. The zero-order chi connectivity index (χ0) is 36.0. The van der Waals surface area contributed by atoms with Crippen molar-refractivity contribution in [1.29, 1.82) is 0 Å². The van der Waals surface area contributed by atoms with Gasteiger partial charge in [0, 0.05) is 7.11 Å². The Labute approximate surface area is 310 Å². The molecule has 0 aromatic heterocycles. The molecule has 5 rings (SSSR count). The predicted octanol–water partition coefficient (Wildman–Crippen LogP) is 5.73. The van der Waals surface area contributed by atoms with Crippen LogP contribution in [0.5, 0.6) is 5.75 Å². The fourth-order valence-electron chi connectivity index (χ4n) is 5.29. The van der Waals surface area contributed by atoms with E-state index in [0.717, 1.165) is 20.3 Å². The molecule has 1 aliphatic heterocycles. The number of esters is 2. The van der Waals surface area contributed by atoms with Gasteiger partial charge in [-0.05, 0) is 75.7 Å². The van der Waals surface area contributed by atoms with Crippen LogP contribution in [0, 0.1) is 3.57 Å². The number of carbonyl (C=O) groups excluding carboxylic acids is 2. The Morgan fingerprint density at radius 2 is 1.33 bits per heavy atom. The molecular weight excluding hydrogens is 771 g/mol. The molecule has 51 heavy (non-hydrogen) atoms. The molecule has 0 bridgehead atoms. The van der Waals surface area contributed by atoms with Gasteiger partial charge in [0.25, 0.3) is 0 Å². The number of methoxy groups -OCH3 is 2. The number of hydrogen-bond donors (Lipinski definition) is 1. The van der Waals surface area contributed by atoms with E-state index in [2.05, 4.69) is 22.6 Å². The Morgan fingerprint density at radius 1 is 0.725 bits per heavy atom. The van der Waals surface area contributed by atoms with Crippen LogP contribution < -0.4 is 4.74 Å². The molecule has 270 valence electrons. The Kier molecular flexibility index (Phi) is 14.8. The van der Waals surface area contributed by atoms with Crippen molar-refractivity contribution in [3.05, 3.63) is 135 Å². The molecule has 0 spiro atoms. The van der Waals surface area contributed by atoms with E-state index in [1.165, 1.54) is 0 Å². The van der Waals surface area contributed by atoms with Gasteiger partial charge in [0.15, 0.2) is 12.4 Å². The number of hydrogen-bond acceptors (Lipinski definition) is 11. The van der Waals surface area contributed by atoms with Gasteiger partial charge in [-0.2, -0.15) is 0 Å². The Hall–Kier alpha value is -3.89. The first-order valence-electron chi connectivity index (χ1n) is 16.4. The number of aliphatic hydroxyl groups excluding tert-OH is 1. The number of carbonyl (C=O) groups is 2. The molecule has 0 radical (unpaired) electrons. The third-order valence-electron chi connectivity index (χ3n) is 8.06. The lowest BCUT2D eigenvalue weighted by atomic mass is 9.98. The number of benzene rings is 4. The van der Waals surface area contributed by atoms with Crippen LogP contribution in [0.25, 0.3) is 0 Å². The van der Waals surface area contributed by atoms with Gasteiger partial charge in [0.05, 0.1) is 54.8 Å². The van der Waals surface area contributed by atoms with E-state index < -0.39 is 42.6 Å². The molecule has 1 fully saturated rings. The van der Waals surface area contributed by atoms with Gasteiger partial charge in [0.1, 0.15) is 30.7 Å². The number of rotatable bonds is 17. The standard InChI is InChI=1S/C39H41IO11/c1-44-19-20-46-22-26-13-15-27(16-14-26)23-49-39-36(51-38(43)30-11-7-4-8-12-30)35(47-24-28-17-18-32(45-2)31(40)21-28)34(41)33(50-39)25-48-37(42)29-9-5-3-6-10-29/h3-18,21,33-36,39,41H,19-20,22-25H2,1-2H3/t33-,34+,35+,36-,39-/m1/s1. The van der Waals surface area contributed by atoms with Gasteiger partial charge in [-0.3, -0.25) is 0 Å². The average Bonchev–Trinajstić information content (AvgIpc) is 3.16. The normalized spacial score (nSPS) is 20.0. The highest BCUT2D eigenvalue weighted by Crippen LogP contribution is 2.30. The zero-order valence-corrected chi connectivity index (χ0v) is 30.5. The molecule has 4 aromatic carbocycles. The lowest BCUT2D eigenvalue weighted by Crippen LogP contribution is -2.61. The molecule has 0 unspecified atom stereocenters. The summed E-state index contributed by atoms with van der Waals surface area (Å²) in [6, 6.07) is 30.2. The van der Waals surface area contributed by atoms with Crippen molar-refractivity contribution >= 4 is 34.5 Å². The topological polar surface area (TPSA) is 128 Å². The quantitative estimate of drug-likeness (QED) is 0.0798. The molecule has 5 atom stereocenters. The molecular formula is C39H41IO11. The lowest BCUT2D eigenvalue weighted by Gasteiger charge is -2.43. The largest absolute Gasteiger partial charge is 0.496 e. The van der Waals surface area contributed by atoms with E-state index >= 15 is 0 Å². The van der Waals surface area contributed by atoms with Gasteiger partial charge in [-0.1, -0.05) is 66.7 Å². The first kappa shape index (κ1) is 38.3. The summed E-state index contributed by atoms with van der Waals surface area (Å²) in [6.45, 7) is 1.24. The van der Waals surface area contributed by atoms with E-state index in [9.17, 15) is 14.7 Å². The minimum atomic E-state index is -1.38. The summed E-state index contributed by atoms with van der Waals surface area (Å²) in [6.07, 6.45) is -6.01. The molecule has 1 heterocycles. The van der Waals surface area contributed by atoms with Gasteiger partial charge in [-0.15, -0.1) is 0 Å². The summed E-state index contributed by atoms with van der Waals surface area (Å²) in [5.74, 6) is -0.525. The van der Waals surface area contributed by atoms with Crippen LogP contribution in [-0.4, -0.2) is 81.8 Å². The second-order valence-corrected chi connectivity index (χ2v) is 12.8. The molecule has 0 amide bonds. The van der Waals surface area contributed by atoms with E-state index in [4.69, 9.17) is 37.9 Å². The summed E-state index contributed by atoms with van der Waals surface area (Å²) < 4.78 is 47.3. The Morgan fingerprint density at radius 3 is 1.96 bits per heavy atom. The predicted molar refractivity (Wildman–Crippen MR) is 194 cm³/mol. The maximum Gasteiger partial charge on any atom is 0.338 e. The summed E-state index contributed by atoms with van der Waals surface area (Å²) in [5, 5.41) is 11.7. The first-order chi connectivity index (χ1) is 24.9. The van der Waals surface area contributed by atoms with E-state index in [1.807, 2.05) is 42.5 Å². The second-order valence-electron chi connectivity index (χ2n) is 11.7. The molecule has 0 aliphatic carbocycles. The molecule has 1 aliphatic rings. The summed E-state index contributed by atoms with van der Waals surface area (Å²) in [5.41, 5.74) is 3.23. The summed E-state index contributed by atoms with van der Waals surface area (Å²) >= 11 is 2.17. The fraction of sp³-hybridized carbons (Fsp3) is 0.333. The molecule has 0 saturated carbocycles. The Bertz CT molecular complexity index is 1670. The van der Waals surface area contributed by atoms with Crippen LogP contribution in [0.3, 0.4) is 0 Å². The molecule has 4 aromatic rings. The molecule has 11 nitrogen and oxygen atoms in total. The maximum atomic E-state index is 13.4. The van der Waals surface area contributed by atoms with E-state index in [0.29, 0.717) is 36.7 Å². The number of aliphatic hydroxyl groups is 1. The minimum Gasteiger partial charge on any atom is -0.496 e. The van der Waals surface area contributed by atoms with Crippen molar-refractivity contribution in [2.45, 2.75) is 50.5 Å². The van der Waals surface area contributed by atoms with E-state index in [1.54, 1.807) is 74.9 Å². The molecule has 1 saturated heterocycles. The lowest BCUT2D eigenvalue weighted by molar-refractivity contribution is -0.310. The first-order valence-corrected chi connectivity index (χ1v) is 17.5. The molecule has 12 heteroatoms. The van der Waals surface area contributed by atoms with Crippen molar-refractivity contribution in [3.8, 4) is 5.75 Å². The van der Waals surface area contributed by atoms with Crippen LogP contribution in [-0.2, 0) is 53.0 Å². The summed E-state index contributed by atoms with van der Waals surface area (Å²) in [7, 11) is 3.22. The van der Waals surface area contributed by atoms with Crippen molar-refractivity contribution in [3.63, 3.8) is 0 Å². The molecule has 1 N–H and O–H groups in total. The van der Waals surface area contributed by atoms with Crippen LogP contribution in [0.1, 0.15) is 37.4 Å². The van der Waals surface area contributed by atoms with Crippen LogP contribution >= 0.6 is 22.6 Å². The van der Waals surface area contributed by atoms with Gasteiger partial charge >= 0.3 is 11.9 Å². The monoisotopic (exact) mass is 812 g/mol. The number of halogens is 1. The number of ether oxygens (including phenoxy) is 8. The van der Waals surface area contributed by atoms with Crippen molar-refractivity contribution in [1.82, 2.24) is 0 Å². The highest BCUT2D eigenvalue weighted by atomic mass is 127. The highest BCUT2D eigenvalue weighted by Gasteiger charge is 2.49.